The fourth-order valence-corrected chi connectivity index (χ4v) is 3.50. The van der Waals surface area contributed by atoms with Crippen molar-refractivity contribution in [2.75, 3.05) is 0 Å². The number of hydrogen-bond donors (Lipinski definition) is 2. The number of aliphatic hydroxyl groups is 2. The zero-order valence-corrected chi connectivity index (χ0v) is 14.2. The molecule has 0 spiro atoms. The molecule has 22 heavy (non-hydrogen) atoms. The Kier molecular flexibility index (Phi) is 4.32. The summed E-state index contributed by atoms with van der Waals surface area (Å²) in [5.74, 6) is -0.620. The van der Waals surface area contributed by atoms with Crippen LogP contribution in [0.4, 0.5) is 0 Å². The molecule has 0 fully saturated rings. The minimum Gasteiger partial charge on any atom is -0.481 e. The third-order valence-corrected chi connectivity index (χ3v) is 4.08. The maximum Gasteiger partial charge on any atom is 0.282 e. The predicted molar refractivity (Wildman–Crippen MR) is 92.6 cm³/mol. The van der Waals surface area contributed by atoms with E-state index in [-0.39, 0.29) is 0 Å². The maximum absolute atomic E-state index is 9.99. The van der Waals surface area contributed by atoms with Gasteiger partial charge in [-0.3, -0.25) is 0 Å². The van der Waals surface area contributed by atoms with Crippen molar-refractivity contribution >= 4 is 5.57 Å². The van der Waals surface area contributed by atoms with Crippen molar-refractivity contribution in [1.82, 2.24) is 0 Å². The average Bonchev–Trinajstić information content (AvgIpc) is 2.34. The second-order valence-corrected chi connectivity index (χ2v) is 6.25. The van der Waals surface area contributed by atoms with E-state index in [2.05, 4.69) is 24.3 Å². The van der Waals surface area contributed by atoms with E-state index in [1.54, 1.807) is 0 Å². The summed E-state index contributed by atoms with van der Waals surface area (Å²) >= 11 is 0. The summed E-state index contributed by atoms with van der Waals surface area (Å²) in [7, 11) is 0. The first-order chi connectivity index (χ1) is 10.2. The summed E-state index contributed by atoms with van der Waals surface area (Å²) in [4.78, 5) is 0. The van der Waals surface area contributed by atoms with Crippen molar-refractivity contribution in [2.24, 2.45) is 0 Å². The molecule has 0 unspecified atom stereocenters. The smallest absolute Gasteiger partial charge is 0.282 e. The third-order valence-electron chi connectivity index (χ3n) is 4.08. The summed E-state index contributed by atoms with van der Waals surface area (Å²) in [6.07, 6.45) is 0. The van der Waals surface area contributed by atoms with Crippen LogP contribution in [0.3, 0.4) is 0 Å². The molecule has 2 nitrogen and oxygen atoms in total. The van der Waals surface area contributed by atoms with Crippen LogP contribution in [0.2, 0.25) is 0 Å². The molecule has 0 bridgehead atoms. The SMILES string of the molecule is Cc1cc(C)c(C(=C(O)O)c2c(C)cc(C)cc2C)c(C)c1. The lowest BCUT2D eigenvalue weighted by atomic mass is 9.85. The van der Waals surface area contributed by atoms with E-state index in [1.807, 2.05) is 41.5 Å². The lowest BCUT2D eigenvalue weighted by molar-refractivity contribution is 0.194. The monoisotopic (exact) mass is 296 g/mol. The molecule has 0 atom stereocenters. The van der Waals surface area contributed by atoms with Crippen LogP contribution in [0, 0.1) is 41.5 Å². The Morgan fingerprint density at radius 3 is 1.09 bits per heavy atom. The van der Waals surface area contributed by atoms with E-state index < -0.39 is 5.95 Å². The second-order valence-electron chi connectivity index (χ2n) is 6.25. The van der Waals surface area contributed by atoms with Crippen molar-refractivity contribution in [3.8, 4) is 0 Å². The number of rotatable bonds is 2. The van der Waals surface area contributed by atoms with Gasteiger partial charge < -0.3 is 10.2 Å². The van der Waals surface area contributed by atoms with Gasteiger partial charge in [-0.1, -0.05) is 35.4 Å². The Balaban J connectivity index is 2.84. The van der Waals surface area contributed by atoms with E-state index >= 15 is 0 Å². The van der Waals surface area contributed by atoms with Crippen LogP contribution in [0.25, 0.3) is 5.57 Å². The van der Waals surface area contributed by atoms with Crippen molar-refractivity contribution in [3.05, 3.63) is 74.7 Å². The average molecular weight is 296 g/mol. The minimum atomic E-state index is -0.620. The number of aryl methyl sites for hydroxylation is 6. The van der Waals surface area contributed by atoms with Crippen molar-refractivity contribution in [1.29, 1.82) is 0 Å². The van der Waals surface area contributed by atoms with Gasteiger partial charge in [0, 0.05) is 0 Å². The van der Waals surface area contributed by atoms with Gasteiger partial charge in [0.25, 0.3) is 5.95 Å². The summed E-state index contributed by atoms with van der Waals surface area (Å²) < 4.78 is 0. The molecular formula is C20H24O2. The highest BCUT2D eigenvalue weighted by atomic mass is 16.5. The zero-order valence-electron chi connectivity index (χ0n) is 14.2. The highest BCUT2D eigenvalue weighted by molar-refractivity contribution is 5.86. The molecular weight excluding hydrogens is 272 g/mol. The lowest BCUT2D eigenvalue weighted by Crippen LogP contribution is -2.04. The van der Waals surface area contributed by atoms with Crippen molar-refractivity contribution in [2.45, 2.75) is 41.5 Å². The first kappa shape index (κ1) is 16.2. The highest BCUT2D eigenvalue weighted by Crippen LogP contribution is 2.35. The number of aliphatic hydroxyl groups excluding tert-OH is 1. The number of benzene rings is 2. The van der Waals surface area contributed by atoms with Gasteiger partial charge in [0.15, 0.2) is 0 Å². The van der Waals surface area contributed by atoms with Gasteiger partial charge in [0.1, 0.15) is 0 Å². The van der Waals surface area contributed by atoms with E-state index in [4.69, 9.17) is 0 Å². The highest BCUT2D eigenvalue weighted by Gasteiger charge is 2.20. The summed E-state index contributed by atoms with van der Waals surface area (Å²) in [5.41, 5.74) is 8.87. The largest absolute Gasteiger partial charge is 0.481 e. The molecule has 2 aromatic carbocycles. The Morgan fingerprint density at radius 2 is 0.864 bits per heavy atom. The van der Waals surface area contributed by atoms with E-state index in [1.165, 1.54) is 11.1 Å². The topological polar surface area (TPSA) is 40.5 Å². The van der Waals surface area contributed by atoms with Crippen LogP contribution in [0.15, 0.2) is 30.2 Å². The Morgan fingerprint density at radius 1 is 0.591 bits per heavy atom. The molecule has 2 rings (SSSR count). The third kappa shape index (κ3) is 2.87. The van der Waals surface area contributed by atoms with Crippen LogP contribution >= 0.6 is 0 Å². The molecule has 2 heteroatoms. The first-order valence-electron chi connectivity index (χ1n) is 7.51. The first-order valence-corrected chi connectivity index (χ1v) is 7.51. The quantitative estimate of drug-likeness (QED) is 0.731. The molecule has 0 aliphatic rings. The van der Waals surface area contributed by atoms with Gasteiger partial charge in [0.2, 0.25) is 0 Å². The molecule has 2 aromatic rings. The predicted octanol–water partition coefficient (Wildman–Crippen LogP) is 5.37. The van der Waals surface area contributed by atoms with Crippen LogP contribution in [0.5, 0.6) is 0 Å². The van der Waals surface area contributed by atoms with Crippen molar-refractivity contribution < 1.29 is 10.2 Å². The summed E-state index contributed by atoms with van der Waals surface area (Å²) in [6, 6.07) is 8.29. The fraction of sp³-hybridized carbons (Fsp3) is 0.300. The molecule has 0 radical (unpaired) electrons. The van der Waals surface area contributed by atoms with Gasteiger partial charge in [-0.15, -0.1) is 0 Å². The van der Waals surface area contributed by atoms with Crippen LogP contribution in [-0.2, 0) is 0 Å². The molecule has 0 heterocycles. The molecule has 0 saturated heterocycles. The number of hydrogen-bond acceptors (Lipinski definition) is 2. The zero-order chi connectivity index (χ0) is 16.6. The van der Waals surface area contributed by atoms with Gasteiger partial charge in [-0.25, -0.2) is 0 Å². The minimum absolute atomic E-state index is 0.519. The Labute approximate surface area is 132 Å². The Hall–Kier alpha value is -2.22. The van der Waals surface area contributed by atoms with Crippen LogP contribution in [-0.4, -0.2) is 10.2 Å². The van der Waals surface area contributed by atoms with Gasteiger partial charge in [-0.2, -0.15) is 0 Å². The maximum atomic E-state index is 9.99. The van der Waals surface area contributed by atoms with Gasteiger partial charge in [0.05, 0.1) is 5.57 Å². The molecule has 116 valence electrons. The fourth-order valence-electron chi connectivity index (χ4n) is 3.50. The summed E-state index contributed by atoms with van der Waals surface area (Å²) in [5, 5.41) is 20.0. The molecule has 0 saturated carbocycles. The van der Waals surface area contributed by atoms with Crippen molar-refractivity contribution in [3.63, 3.8) is 0 Å². The van der Waals surface area contributed by atoms with E-state index in [0.717, 1.165) is 33.4 Å². The van der Waals surface area contributed by atoms with Gasteiger partial charge in [-0.05, 0) is 74.9 Å². The molecule has 0 aromatic heterocycles. The molecule has 0 aliphatic heterocycles. The van der Waals surface area contributed by atoms with Gasteiger partial charge >= 0.3 is 0 Å². The van der Waals surface area contributed by atoms with Crippen LogP contribution in [0.1, 0.15) is 44.5 Å². The lowest BCUT2D eigenvalue weighted by Gasteiger charge is -2.19. The molecule has 2 N–H and O–H groups in total. The molecule has 0 aliphatic carbocycles. The second kappa shape index (κ2) is 5.88. The Bertz CT molecular complexity index is 658. The molecule has 0 amide bonds. The van der Waals surface area contributed by atoms with E-state index in [9.17, 15) is 10.2 Å². The normalized spacial score (nSPS) is 10.6. The summed E-state index contributed by atoms with van der Waals surface area (Å²) in [6.45, 7) is 12.1. The van der Waals surface area contributed by atoms with Crippen LogP contribution < -0.4 is 0 Å². The van der Waals surface area contributed by atoms with E-state index in [0.29, 0.717) is 5.57 Å². The standard InChI is InChI=1S/C20H24O2/c1-11-7-13(3)17(14(4)8-11)19(20(21)22)18-15(5)9-12(2)10-16(18)6/h7-10,21-22H,1-6H3.